The summed E-state index contributed by atoms with van der Waals surface area (Å²) in [5.41, 5.74) is 9.43. The molecule has 0 radical (unpaired) electrons. The molecule has 1 aliphatic carbocycles. The molecule has 1 fully saturated rings. The van der Waals surface area contributed by atoms with Gasteiger partial charge in [-0.15, -0.1) is 0 Å². The van der Waals surface area contributed by atoms with E-state index < -0.39 is 0 Å². The van der Waals surface area contributed by atoms with Crippen LogP contribution in [0.2, 0.25) is 0 Å². The quantitative estimate of drug-likeness (QED) is 0.749. The van der Waals surface area contributed by atoms with Crippen molar-refractivity contribution in [2.45, 2.75) is 37.8 Å². The first kappa shape index (κ1) is 19.2. The minimum Gasteiger partial charge on any atom is -0.393 e. The van der Waals surface area contributed by atoms with Gasteiger partial charge in [0.05, 0.1) is 24.5 Å². The second kappa shape index (κ2) is 8.49. The van der Waals surface area contributed by atoms with E-state index in [0.29, 0.717) is 17.9 Å². The molecule has 0 atom stereocenters. The first-order valence-corrected chi connectivity index (χ1v) is 10.0. The molecule has 1 heterocycles. The molecule has 1 saturated carbocycles. The van der Waals surface area contributed by atoms with Gasteiger partial charge in [0.2, 0.25) is 0 Å². The van der Waals surface area contributed by atoms with Gasteiger partial charge in [0, 0.05) is 22.9 Å². The number of rotatable bonds is 4. The minimum atomic E-state index is -0.235. The van der Waals surface area contributed by atoms with Gasteiger partial charge in [-0.2, -0.15) is 0 Å². The van der Waals surface area contributed by atoms with Crippen LogP contribution < -0.4 is 16.0 Å². The Labute approximate surface area is 170 Å². The fourth-order valence-corrected chi connectivity index (χ4v) is 3.88. The molecule has 0 saturated heterocycles. The van der Waals surface area contributed by atoms with Crippen LogP contribution in [-0.4, -0.2) is 35.5 Å². The largest absolute Gasteiger partial charge is 0.393 e. The fraction of sp³-hybridized carbons (Fsp3) is 0.304. The summed E-state index contributed by atoms with van der Waals surface area (Å²) in [6.07, 6.45) is 4.63. The SMILES string of the molecule is NC1=NC=C(c2cccc(C(=O)NC3CCC(O)CC3)c2)N(c2ccccc2)C1. The zero-order valence-electron chi connectivity index (χ0n) is 16.3. The monoisotopic (exact) mass is 390 g/mol. The lowest BCUT2D eigenvalue weighted by molar-refractivity contribution is 0.0867. The number of amidine groups is 1. The van der Waals surface area contributed by atoms with Crippen LogP contribution in [0.15, 0.2) is 65.8 Å². The summed E-state index contributed by atoms with van der Waals surface area (Å²) in [6, 6.07) is 17.7. The fourth-order valence-electron chi connectivity index (χ4n) is 3.88. The van der Waals surface area contributed by atoms with E-state index >= 15 is 0 Å². The lowest BCUT2D eigenvalue weighted by Gasteiger charge is -2.30. The minimum absolute atomic E-state index is 0.0843. The van der Waals surface area contributed by atoms with Crippen LogP contribution in [0.1, 0.15) is 41.6 Å². The third kappa shape index (κ3) is 4.49. The van der Waals surface area contributed by atoms with Crippen LogP contribution >= 0.6 is 0 Å². The summed E-state index contributed by atoms with van der Waals surface area (Å²) in [6.45, 7) is 0.497. The molecule has 0 unspecified atom stereocenters. The third-order valence-corrected chi connectivity index (χ3v) is 5.48. The Balaban J connectivity index is 1.56. The van der Waals surface area contributed by atoms with Crippen molar-refractivity contribution in [3.05, 3.63) is 71.9 Å². The maximum atomic E-state index is 12.8. The summed E-state index contributed by atoms with van der Waals surface area (Å²) < 4.78 is 0. The van der Waals surface area contributed by atoms with Gasteiger partial charge in [-0.1, -0.05) is 30.3 Å². The Hall–Kier alpha value is -3.12. The van der Waals surface area contributed by atoms with Crippen LogP contribution in [0.25, 0.3) is 5.70 Å². The molecule has 6 heteroatoms. The standard InChI is InChI=1S/C23H26N4O2/c24-22-15-27(19-7-2-1-3-8-19)21(14-25-22)16-5-4-6-17(13-16)23(29)26-18-9-11-20(28)12-10-18/h1-8,13-14,18,20,28H,9-12,15H2,(H2,24,25)(H,26,29). The van der Waals surface area contributed by atoms with E-state index in [1.807, 2.05) is 54.6 Å². The third-order valence-electron chi connectivity index (χ3n) is 5.48. The van der Waals surface area contributed by atoms with Gasteiger partial charge in [-0.3, -0.25) is 4.79 Å². The molecule has 2 aromatic rings. The number of benzene rings is 2. The highest BCUT2D eigenvalue weighted by molar-refractivity contribution is 5.98. The van der Waals surface area contributed by atoms with Crippen LogP contribution in [0.4, 0.5) is 5.69 Å². The van der Waals surface area contributed by atoms with E-state index in [0.717, 1.165) is 42.6 Å². The highest BCUT2D eigenvalue weighted by Gasteiger charge is 2.23. The number of amides is 1. The van der Waals surface area contributed by atoms with Crippen molar-refractivity contribution >= 4 is 23.1 Å². The Morgan fingerprint density at radius 2 is 1.83 bits per heavy atom. The molecule has 4 rings (SSSR count). The number of nitrogens with zero attached hydrogens (tertiary/aromatic N) is 2. The summed E-state index contributed by atoms with van der Waals surface area (Å²) in [4.78, 5) is 19.2. The molecular weight excluding hydrogens is 364 g/mol. The lowest BCUT2D eigenvalue weighted by Crippen LogP contribution is -2.38. The van der Waals surface area contributed by atoms with E-state index in [1.54, 1.807) is 6.20 Å². The van der Waals surface area contributed by atoms with E-state index in [-0.39, 0.29) is 18.1 Å². The second-order valence-electron chi connectivity index (χ2n) is 7.62. The van der Waals surface area contributed by atoms with E-state index in [4.69, 9.17) is 5.73 Å². The molecule has 150 valence electrons. The lowest BCUT2D eigenvalue weighted by atomic mass is 9.93. The number of carbonyl (C=O) groups is 1. The Bertz CT molecular complexity index is 931. The van der Waals surface area contributed by atoms with Crippen LogP contribution in [0, 0.1) is 0 Å². The number of para-hydroxylation sites is 1. The van der Waals surface area contributed by atoms with Gasteiger partial charge in [-0.25, -0.2) is 4.99 Å². The molecule has 0 bridgehead atoms. The van der Waals surface area contributed by atoms with E-state index in [9.17, 15) is 9.90 Å². The Morgan fingerprint density at radius 3 is 2.59 bits per heavy atom. The van der Waals surface area contributed by atoms with Crippen molar-refractivity contribution < 1.29 is 9.90 Å². The van der Waals surface area contributed by atoms with Gasteiger partial charge in [-0.05, 0) is 49.9 Å². The molecule has 0 aromatic heterocycles. The zero-order valence-corrected chi connectivity index (χ0v) is 16.3. The summed E-state index contributed by atoms with van der Waals surface area (Å²) in [7, 11) is 0. The molecular formula is C23H26N4O2. The average Bonchev–Trinajstić information content (AvgIpc) is 2.76. The number of aliphatic imine (C=N–C) groups is 1. The Morgan fingerprint density at radius 1 is 1.07 bits per heavy atom. The molecule has 0 spiro atoms. The molecule has 1 aliphatic heterocycles. The van der Waals surface area contributed by atoms with Gasteiger partial charge >= 0.3 is 0 Å². The molecule has 6 nitrogen and oxygen atoms in total. The first-order chi connectivity index (χ1) is 14.1. The number of nitrogens with one attached hydrogen (secondary N) is 1. The van der Waals surface area contributed by atoms with Crippen molar-refractivity contribution in [3.8, 4) is 0 Å². The van der Waals surface area contributed by atoms with Gasteiger partial charge < -0.3 is 21.1 Å². The molecule has 2 aliphatic rings. The highest BCUT2D eigenvalue weighted by Crippen LogP contribution is 2.28. The van der Waals surface area contributed by atoms with Crippen LogP contribution in [-0.2, 0) is 0 Å². The predicted molar refractivity (Wildman–Crippen MR) is 116 cm³/mol. The molecule has 2 aromatic carbocycles. The van der Waals surface area contributed by atoms with Crippen molar-refractivity contribution in [2.24, 2.45) is 10.7 Å². The molecule has 4 N–H and O–H groups in total. The van der Waals surface area contributed by atoms with Crippen LogP contribution in [0.5, 0.6) is 0 Å². The van der Waals surface area contributed by atoms with E-state index in [1.165, 1.54) is 0 Å². The maximum Gasteiger partial charge on any atom is 0.251 e. The predicted octanol–water partition coefficient (Wildman–Crippen LogP) is 2.90. The summed E-state index contributed by atoms with van der Waals surface area (Å²) >= 11 is 0. The number of aliphatic hydroxyl groups is 1. The normalized spacial score (nSPS) is 21.9. The van der Waals surface area contributed by atoms with Crippen molar-refractivity contribution in [2.75, 3.05) is 11.4 Å². The van der Waals surface area contributed by atoms with Crippen LogP contribution in [0.3, 0.4) is 0 Å². The first-order valence-electron chi connectivity index (χ1n) is 10.0. The zero-order chi connectivity index (χ0) is 20.2. The topological polar surface area (TPSA) is 90.9 Å². The number of anilines is 1. The van der Waals surface area contributed by atoms with Gasteiger partial charge in [0.1, 0.15) is 5.84 Å². The number of hydrogen-bond donors (Lipinski definition) is 3. The average molecular weight is 390 g/mol. The molecule has 29 heavy (non-hydrogen) atoms. The second-order valence-corrected chi connectivity index (χ2v) is 7.62. The highest BCUT2D eigenvalue weighted by atomic mass is 16.3. The molecule has 1 amide bonds. The van der Waals surface area contributed by atoms with Crippen molar-refractivity contribution in [1.29, 1.82) is 0 Å². The number of nitrogens with two attached hydrogens (primary N) is 1. The maximum absolute atomic E-state index is 12.8. The summed E-state index contributed by atoms with van der Waals surface area (Å²) in [5.74, 6) is 0.463. The van der Waals surface area contributed by atoms with E-state index in [2.05, 4.69) is 15.2 Å². The Kier molecular flexibility index (Phi) is 5.62. The summed E-state index contributed by atoms with van der Waals surface area (Å²) in [5, 5.41) is 12.8. The van der Waals surface area contributed by atoms with Crippen molar-refractivity contribution in [3.63, 3.8) is 0 Å². The number of hydrogen-bond acceptors (Lipinski definition) is 5. The number of carbonyl (C=O) groups excluding carboxylic acids is 1. The van der Waals surface area contributed by atoms with Gasteiger partial charge in [0.15, 0.2) is 0 Å². The van der Waals surface area contributed by atoms with Gasteiger partial charge in [0.25, 0.3) is 5.91 Å². The number of aliphatic hydroxyl groups excluding tert-OH is 1. The van der Waals surface area contributed by atoms with Crippen molar-refractivity contribution in [1.82, 2.24) is 5.32 Å². The smallest absolute Gasteiger partial charge is 0.251 e.